The second-order valence-electron chi connectivity index (χ2n) is 6.27. The van der Waals surface area contributed by atoms with Crippen LogP contribution in [0.2, 0.25) is 0 Å². The number of carboxylic acid groups (broad SMARTS) is 1. The standard InChI is InChI=1S/C13H23NO2/c1-13(2,12(15)16)9-14(7-10-3-4-10)8-11-5-6-11/h10-11H,3-9H2,1-2H3,(H,15,16). The van der Waals surface area contributed by atoms with Gasteiger partial charge in [0.05, 0.1) is 5.41 Å². The molecule has 2 fully saturated rings. The van der Waals surface area contributed by atoms with E-state index >= 15 is 0 Å². The summed E-state index contributed by atoms with van der Waals surface area (Å²) in [6.07, 6.45) is 5.37. The fourth-order valence-electron chi connectivity index (χ4n) is 2.16. The van der Waals surface area contributed by atoms with Gasteiger partial charge in [0, 0.05) is 19.6 Å². The molecule has 16 heavy (non-hydrogen) atoms. The van der Waals surface area contributed by atoms with Gasteiger partial charge in [-0.2, -0.15) is 0 Å². The van der Waals surface area contributed by atoms with Crippen molar-refractivity contribution in [1.29, 1.82) is 0 Å². The Hall–Kier alpha value is -0.570. The van der Waals surface area contributed by atoms with Crippen LogP contribution in [0.15, 0.2) is 0 Å². The lowest BCUT2D eigenvalue weighted by Gasteiger charge is -2.29. The van der Waals surface area contributed by atoms with E-state index in [9.17, 15) is 4.79 Å². The van der Waals surface area contributed by atoms with E-state index in [2.05, 4.69) is 4.90 Å². The Morgan fingerprint density at radius 2 is 1.62 bits per heavy atom. The SMILES string of the molecule is CC(C)(CN(CC1CC1)CC1CC1)C(=O)O. The summed E-state index contributed by atoms with van der Waals surface area (Å²) in [6.45, 7) is 6.61. The minimum absolute atomic E-state index is 0.607. The fourth-order valence-corrected chi connectivity index (χ4v) is 2.16. The van der Waals surface area contributed by atoms with Crippen LogP contribution < -0.4 is 0 Å². The lowest BCUT2D eigenvalue weighted by molar-refractivity contribution is -0.148. The van der Waals surface area contributed by atoms with E-state index in [0.717, 1.165) is 24.9 Å². The maximum atomic E-state index is 11.1. The highest BCUT2D eigenvalue weighted by molar-refractivity contribution is 5.73. The highest BCUT2D eigenvalue weighted by Gasteiger charge is 2.35. The van der Waals surface area contributed by atoms with Crippen molar-refractivity contribution in [3.05, 3.63) is 0 Å². The maximum absolute atomic E-state index is 11.1. The van der Waals surface area contributed by atoms with Crippen LogP contribution >= 0.6 is 0 Å². The largest absolute Gasteiger partial charge is 0.481 e. The van der Waals surface area contributed by atoms with Gasteiger partial charge in [-0.25, -0.2) is 0 Å². The molecule has 2 saturated carbocycles. The van der Waals surface area contributed by atoms with E-state index in [1.807, 2.05) is 13.8 Å². The zero-order chi connectivity index (χ0) is 11.8. The highest BCUT2D eigenvalue weighted by Crippen LogP contribution is 2.34. The molecule has 3 nitrogen and oxygen atoms in total. The molecule has 0 radical (unpaired) electrons. The van der Waals surface area contributed by atoms with Gasteiger partial charge in [-0.1, -0.05) is 0 Å². The highest BCUT2D eigenvalue weighted by atomic mass is 16.4. The molecule has 0 aliphatic heterocycles. The third-order valence-corrected chi connectivity index (χ3v) is 3.62. The lowest BCUT2D eigenvalue weighted by atomic mass is 9.93. The van der Waals surface area contributed by atoms with Crippen LogP contribution in [0.25, 0.3) is 0 Å². The van der Waals surface area contributed by atoms with Crippen molar-refractivity contribution < 1.29 is 9.90 Å². The zero-order valence-electron chi connectivity index (χ0n) is 10.4. The van der Waals surface area contributed by atoms with E-state index in [1.165, 1.54) is 25.7 Å². The molecule has 0 saturated heterocycles. The van der Waals surface area contributed by atoms with E-state index in [1.54, 1.807) is 0 Å². The second kappa shape index (κ2) is 4.36. The molecule has 92 valence electrons. The Morgan fingerprint density at radius 1 is 1.19 bits per heavy atom. The van der Waals surface area contributed by atoms with Crippen LogP contribution in [0.3, 0.4) is 0 Å². The van der Waals surface area contributed by atoms with Gasteiger partial charge in [-0.15, -0.1) is 0 Å². The van der Waals surface area contributed by atoms with E-state index < -0.39 is 11.4 Å². The van der Waals surface area contributed by atoms with Crippen molar-refractivity contribution in [2.24, 2.45) is 17.3 Å². The number of rotatable bonds is 7. The third kappa shape index (κ3) is 3.48. The van der Waals surface area contributed by atoms with Crippen LogP contribution in [-0.4, -0.2) is 35.6 Å². The predicted molar refractivity (Wildman–Crippen MR) is 63.3 cm³/mol. The molecule has 0 aromatic carbocycles. The molecular formula is C13H23NO2. The number of hydrogen-bond acceptors (Lipinski definition) is 2. The van der Waals surface area contributed by atoms with Gasteiger partial charge < -0.3 is 10.0 Å². The van der Waals surface area contributed by atoms with Gasteiger partial charge in [-0.05, 0) is 51.4 Å². The Labute approximate surface area is 97.8 Å². The Balaban J connectivity index is 1.85. The number of hydrogen-bond donors (Lipinski definition) is 1. The van der Waals surface area contributed by atoms with Crippen molar-refractivity contribution in [3.63, 3.8) is 0 Å². The summed E-state index contributed by atoms with van der Waals surface area (Å²) in [6, 6.07) is 0. The van der Waals surface area contributed by atoms with Crippen molar-refractivity contribution in [3.8, 4) is 0 Å². The summed E-state index contributed by atoms with van der Waals surface area (Å²) >= 11 is 0. The molecule has 3 heteroatoms. The van der Waals surface area contributed by atoms with Crippen molar-refractivity contribution in [2.45, 2.75) is 39.5 Å². The summed E-state index contributed by atoms with van der Waals surface area (Å²) < 4.78 is 0. The topological polar surface area (TPSA) is 40.5 Å². The molecule has 0 spiro atoms. The first-order chi connectivity index (χ1) is 7.47. The van der Waals surface area contributed by atoms with Gasteiger partial charge in [0.15, 0.2) is 0 Å². The van der Waals surface area contributed by atoms with E-state index in [0.29, 0.717) is 6.54 Å². The predicted octanol–water partition coefficient (Wildman–Crippen LogP) is 2.22. The summed E-state index contributed by atoms with van der Waals surface area (Å²) in [5.41, 5.74) is -0.607. The van der Waals surface area contributed by atoms with Crippen molar-refractivity contribution in [2.75, 3.05) is 19.6 Å². The number of carboxylic acids is 1. The molecule has 0 unspecified atom stereocenters. The first-order valence-electron chi connectivity index (χ1n) is 6.43. The Kier molecular flexibility index (Phi) is 3.24. The first-order valence-corrected chi connectivity index (χ1v) is 6.43. The summed E-state index contributed by atoms with van der Waals surface area (Å²) in [5.74, 6) is 1.02. The zero-order valence-corrected chi connectivity index (χ0v) is 10.4. The average molecular weight is 225 g/mol. The Morgan fingerprint density at radius 3 is 1.94 bits per heavy atom. The minimum atomic E-state index is -0.677. The normalized spacial score (nSPS) is 21.4. The quantitative estimate of drug-likeness (QED) is 0.722. The molecular weight excluding hydrogens is 202 g/mol. The first kappa shape index (κ1) is 11.9. The molecule has 0 amide bonds. The Bertz CT molecular complexity index is 253. The van der Waals surface area contributed by atoms with Crippen LogP contribution in [-0.2, 0) is 4.79 Å². The number of nitrogens with zero attached hydrogens (tertiary/aromatic N) is 1. The monoisotopic (exact) mass is 225 g/mol. The number of carbonyl (C=O) groups is 1. The molecule has 0 aromatic heterocycles. The molecule has 0 heterocycles. The molecule has 0 atom stereocenters. The lowest BCUT2D eigenvalue weighted by Crippen LogP contribution is -2.41. The third-order valence-electron chi connectivity index (χ3n) is 3.62. The van der Waals surface area contributed by atoms with Crippen LogP contribution in [0, 0.1) is 17.3 Å². The van der Waals surface area contributed by atoms with Crippen LogP contribution in [0.1, 0.15) is 39.5 Å². The van der Waals surface area contributed by atoms with Gasteiger partial charge in [0.25, 0.3) is 0 Å². The van der Waals surface area contributed by atoms with E-state index in [4.69, 9.17) is 5.11 Å². The van der Waals surface area contributed by atoms with Gasteiger partial charge in [0.2, 0.25) is 0 Å². The fraction of sp³-hybridized carbons (Fsp3) is 0.923. The van der Waals surface area contributed by atoms with Gasteiger partial charge >= 0.3 is 5.97 Å². The van der Waals surface area contributed by atoms with Gasteiger partial charge in [-0.3, -0.25) is 4.79 Å². The molecule has 2 rings (SSSR count). The van der Waals surface area contributed by atoms with Crippen molar-refractivity contribution in [1.82, 2.24) is 4.90 Å². The molecule has 2 aliphatic carbocycles. The molecule has 0 bridgehead atoms. The van der Waals surface area contributed by atoms with Crippen LogP contribution in [0.4, 0.5) is 0 Å². The molecule has 1 N–H and O–H groups in total. The summed E-state index contributed by atoms with van der Waals surface area (Å²) in [4.78, 5) is 13.5. The summed E-state index contributed by atoms with van der Waals surface area (Å²) in [5, 5.41) is 9.16. The molecule has 2 aliphatic rings. The molecule has 0 aromatic rings. The smallest absolute Gasteiger partial charge is 0.310 e. The van der Waals surface area contributed by atoms with Crippen molar-refractivity contribution >= 4 is 5.97 Å². The van der Waals surface area contributed by atoms with Crippen LogP contribution in [0.5, 0.6) is 0 Å². The van der Waals surface area contributed by atoms with Gasteiger partial charge in [0.1, 0.15) is 0 Å². The second-order valence-corrected chi connectivity index (χ2v) is 6.27. The van der Waals surface area contributed by atoms with E-state index in [-0.39, 0.29) is 0 Å². The minimum Gasteiger partial charge on any atom is -0.481 e. The number of aliphatic carboxylic acids is 1. The summed E-state index contributed by atoms with van der Waals surface area (Å²) in [7, 11) is 0. The average Bonchev–Trinajstić information content (AvgIpc) is 2.98. The maximum Gasteiger partial charge on any atom is 0.310 e.